The molecule has 0 saturated heterocycles. The van der Waals surface area contributed by atoms with Crippen molar-refractivity contribution in [2.45, 2.75) is 37.1 Å². The molecular formula is C20H24N2O3S. The van der Waals surface area contributed by atoms with Crippen molar-refractivity contribution in [2.75, 3.05) is 11.6 Å². The second-order valence-electron chi connectivity index (χ2n) is 6.10. The molecule has 0 aliphatic carbocycles. The number of benzene rings is 2. The van der Waals surface area contributed by atoms with Gasteiger partial charge in [0.1, 0.15) is 0 Å². The van der Waals surface area contributed by atoms with Crippen molar-refractivity contribution in [2.24, 2.45) is 0 Å². The Kier molecular flexibility index (Phi) is 7.53. The van der Waals surface area contributed by atoms with Crippen LogP contribution in [-0.4, -0.2) is 29.4 Å². The smallest absolute Gasteiger partial charge is 0.319 e. The van der Waals surface area contributed by atoms with E-state index in [0.717, 1.165) is 21.7 Å². The molecule has 2 rings (SSSR count). The number of nitrogens with one attached hydrogen (secondary N) is 2. The maximum atomic E-state index is 12.4. The SMILES string of the molecule is CSc1ccc(C)c(NC(=O)NC(CCC(=O)O)Cc2ccccc2)c1. The lowest BCUT2D eigenvalue weighted by atomic mass is 10.0. The number of amides is 2. The molecule has 2 aromatic rings. The van der Waals surface area contributed by atoms with Crippen LogP contribution in [0, 0.1) is 6.92 Å². The predicted octanol–water partition coefficient (Wildman–Crippen LogP) is 4.31. The zero-order valence-electron chi connectivity index (χ0n) is 15.0. The van der Waals surface area contributed by atoms with E-state index < -0.39 is 5.97 Å². The summed E-state index contributed by atoms with van der Waals surface area (Å²) < 4.78 is 0. The van der Waals surface area contributed by atoms with Crippen LogP contribution in [0.4, 0.5) is 10.5 Å². The van der Waals surface area contributed by atoms with Gasteiger partial charge < -0.3 is 15.7 Å². The van der Waals surface area contributed by atoms with Crippen molar-refractivity contribution in [1.82, 2.24) is 5.32 Å². The molecule has 0 spiro atoms. The molecule has 5 nitrogen and oxygen atoms in total. The number of aliphatic carboxylic acids is 1. The highest BCUT2D eigenvalue weighted by Crippen LogP contribution is 2.23. The average molecular weight is 372 g/mol. The fourth-order valence-corrected chi connectivity index (χ4v) is 3.07. The summed E-state index contributed by atoms with van der Waals surface area (Å²) in [7, 11) is 0. The quantitative estimate of drug-likeness (QED) is 0.603. The van der Waals surface area contributed by atoms with Gasteiger partial charge in [0.2, 0.25) is 0 Å². The fourth-order valence-electron chi connectivity index (χ4n) is 2.63. The largest absolute Gasteiger partial charge is 0.481 e. The van der Waals surface area contributed by atoms with E-state index in [2.05, 4.69) is 10.6 Å². The summed E-state index contributed by atoms with van der Waals surface area (Å²) in [4.78, 5) is 24.4. The fraction of sp³-hybridized carbons (Fsp3) is 0.300. The number of carboxylic acid groups (broad SMARTS) is 1. The van der Waals surface area contributed by atoms with E-state index in [9.17, 15) is 9.59 Å². The summed E-state index contributed by atoms with van der Waals surface area (Å²) in [5, 5.41) is 14.8. The van der Waals surface area contributed by atoms with Crippen molar-refractivity contribution in [3.8, 4) is 0 Å². The van der Waals surface area contributed by atoms with Gasteiger partial charge in [-0.2, -0.15) is 0 Å². The Bertz CT molecular complexity index is 750. The van der Waals surface area contributed by atoms with Crippen LogP contribution < -0.4 is 10.6 Å². The molecule has 138 valence electrons. The number of carbonyl (C=O) groups is 2. The van der Waals surface area contributed by atoms with Crippen molar-refractivity contribution in [1.29, 1.82) is 0 Å². The highest BCUT2D eigenvalue weighted by atomic mass is 32.2. The molecule has 2 amide bonds. The number of urea groups is 1. The van der Waals surface area contributed by atoms with Crippen LogP contribution in [0.3, 0.4) is 0 Å². The van der Waals surface area contributed by atoms with Gasteiger partial charge in [0.15, 0.2) is 0 Å². The van der Waals surface area contributed by atoms with Crippen molar-refractivity contribution in [3.05, 3.63) is 59.7 Å². The number of anilines is 1. The molecule has 3 N–H and O–H groups in total. The molecule has 1 unspecified atom stereocenters. The van der Waals surface area contributed by atoms with E-state index in [-0.39, 0.29) is 18.5 Å². The Morgan fingerprint density at radius 1 is 1.15 bits per heavy atom. The zero-order valence-corrected chi connectivity index (χ0v) is 15.8. The lowest BCUT2D eigenvalue weighted by Crippen LogP contribution is -2.39. The van der Waals surface area contributed by atoms with E-state index in [1.54, 1.807) is 11.8 Å². The normalized spacial score (nSPS) is 11.6. The van der Waals surface area contributed by atoms with E-state index in [1.807, 2.05) is 61.7 Å². The molecule has 0 heterocycles. The van der Waals surface area contributed by atoms with Crippen LogP contribution in [0.1, 0.15) is 24.0 Å². The molecule has 0 bridgehead atoms. The van der Waals surface area contributed by atoms with Gasteiger partial charge in [-0.3, -0.25) is 4.79 Å². The minimum Gasteiger partial charge on any atom is -0.481 e. The van der Waals surface area contributed by atoms with Gasteiger partial charge in [-0.1, -0.05) is 36.4 Å². The van der Waals surface area contributed by atoms with Crippen molar-refractivity contribution >= 4 is 29.4 Å². The molecule has 2 aromatic carbocycles. The molecule has 0 aliphatic rings. The molecule has 0 aliphatic heterocycles. The number of carboxylic acids is 1. The minimum atomic E-state index is -0.867. The van der Waals surface area contributed by atoms with Gasteiger partial charge >= 0.3 is 12.0 Å². The standard InChI is InChI=1S/C20H24N2O3S/c1-14-8-10-17(26-2)13-18(14)22-20(25)21-16(9-11-19(23)24)12-15-6-4-3-5-7-15/h3-8,10,13,16H,9,11-12H2,1-2H3,(H,23,24)(H2,21,22,25). The number of thioether (sulfide) groups is 1. The highest BCUT2D eigenvalue weighted by Gasteiger charge is 2.15. The maximum absolute atomic E-state index is 12.4. The van der Waals surface area contributed by atoms with Crippen LogP contribution >= 0.6 is 11.8 Å². The monoisotopic (exact) mass is 372 g/mol. The third kappa shape index (κ3) is 6.44. The number of rotatable bonds is 8. The van der Waals surface area contributed by atoms with E-state index in [4.69, 9.17) is 5.11 Å². The topological polar surface area (TPSA) is 78.4 Å². The Labute approximate surface area is 158 Å². The second kappa shape index (κ2) is 9.87. The van der Waals surface area contributed by atoms with Gasteiger partial charge in [-0.05, 0) is 49.3 Å². The number of carbonyl (C=O) groups excluding carboxylic acids is 1. The van der Waals surface area contributed by atoms with Crippen LogP contribution in [0.25, 0.3) is 0 Å². The van der Waals surface area contributed by atoms with Crippen LogP contribution in [0.2, 0.25) is 0 Å². The summed E-state index contributed by atoms with van der Waals surface area (Å²) >= 11 is 1.61. The molecule has 26 heavy (non-hydrogen) atoms. The Balaban J connectivity index is 2.03. The molecule has 1 atom stereocenters. The highest BCUT2D eigenvalue weighted by molar-refractivity contribution is 7.98. The van der Waals surface area contributed by atoms with Gasteiger partial charge in [0, 0.05) is 23.0 Å². The van der Waals surface area contributed by atoms with E-state index >= 15 is 0 Å². The van der Waals surface area contributed by atoms with Crippen LogP contribution in [0.15, 0.2) is 53.4 Å². The lowest BCUT2D eigenvalue weighted by molar-refractivity contribution is -0.137. The molecule has 0 fully saturated rings. The number of hydrogen-bond acceptors (Lipinski definition) is 3. The first-order chi connectivity index (χ1) is 12.5. The summed E-state index contributed by atoms with van der Waals surface area (Å²) in [6, 6.07) is 15.1. The third-order valence-electron chi connectivity index (χ3n) is 4.06. The zero-order chi connectivity index (χ0) is 18.9. The first-order valence-electron chi connectivity index (χ1n) is 8.46. The summed E-state index contributed by atoms with van der Waals surface area (Å²) in [6.07, 6.45) is 2.96. The lowest BCUT2D eigenvalue weighted by Gasteiger charge is -2.19. The number of hydrogen-bond donors (Lipinski definition) is 3. The van der Waals surface area contributed by atoms with Gasteiger partial charge in [-0.25, -0.2) is 4.79 Å². The first kappa shape index (κ1) is 19.8. The average Bonchev–Trinajstić information content (AvgIpc) is 2.62. The molecule has 0 aromatic heterocycles. The first-order valence-corrected chi connectivity index (χ1v) is 9.68. The van der Waals surface area contributed by atoms with Gasteiger partial charge in [0.05, 0.1) is 0 Å². The van der Waals surface area contributed by atoms with E-state index in [0.29, 0.717) is 12.8 Å². The van der Waals surface area contributed by atoms with Gasteiger partial charge in [-0.15, -0.1) is 11.8 Å². The summed E-state index contributed by atoms with van der Waals surface area (Å²) in [5.74, 6) is -0.867. The Morgan fingerprint density at radius 2 is 1.88 bits per heavy atom. The van der Waals surface area contributed by atoms with Crippen molar-refractivity contribution in [3.63, 3.8) is 0 Å². The Hall–Kier alpha value is -2.47. The second-order valence-corrected chi connectivity index (χ2v) is 6.98. The molecule has 0 radical (unpaired) electrons. The number of aryl methyl sites for hydroxylation is 1. The summed E-state index contributed by atoms with van der Waals surface area (Å²) in [5.41, 5.74) is 2.79. The summed E-state index contributed by atoms with van der Waals surface area (Å²) in [6.45, 7) is 1.94. The Morgan fingerprint density at radius 3 is 2.54 bits per heavy atom. The molecular weight excluding hydrogens is 348 g/mol. The third-order valence-corrected chi connectivity index (χ3v) is 4.79. The predicted molar refractivity (Wildman–Crippen MR) is 106 cm³/mol. The van der Waals surface area contributed by atoms with E-state index in [1.165, 1.54) is 0 Å². The molecule has 0 saturated carbocycles. The maximum Gasteiger partial charge on any atom is 0.319 e. The van der Waals surface area contributed by atoms with Crippen LogP contribution in [0.5, 0.6) is 0 Å². The van der Waals surface area contributed by atoms with Gasteiger partial charge in [0.25, 0.3) is 0 Å². The minimum absolute atomic E-state index is 0.0127. The van der Waals surface area contributed by atoms with Crippen molar-refractivity contribution < 1.29 is 14.7 Å². The molecule has 6 heteroatoms. The van der Waals surface area contributed by atoms with Crippen LogP contribution in [-0.2, 0) is 11.2 Å².